The summed E-state index contributed by atoms with van der Waals surface area (Å²) in [7, 11) is 1.49. The van der Waals surface area contributed by atoms with Crippen molar-refractivity contribution in [2.45, 2.75) is 31.9 Å². The second kappa shape index (κ2) is 7.24. The molecule has 7 nitrogen and oxygen atoms in total. The van der Waals surface area contributed by atoms with Crippen molar-refractivity contribution >= 4 is 5.69 Å². The number of nitro groups is 1. The van der Waals surface area contributed by atoms with Gasteiger partial charge in [-0.1, -0.05) is 0 Å². The number of nitrogens with zero attached hydrogens (tertiary/aromatic N) is 1. The minimum atomic E-state index is -0.467. The number of rotatable bonds is 6. The van der Waals surface area contributed by atoms with Gasteiger partial charge in [0.2, 0.25) is 0 Å². The van der Waals surface area contributed by atoms with Gasteiger partial charge in [0, 0.05) is 18.7 Å². The number of hydrogen-bond donors (Lipinski definition) is 1. The number of nitro benzene ring substituents is 1. The van der Waals surface area contributed by atoms with Gasteiger partial charge in [0.25, 0.3) is 5.69 Å². The molecule has 1 saturated heterocycles. The summed E-state index contributed by atoms with van der Waals surface area (Å²) in [6.45, 7) is 1.16. The summed E-state index contributed by atoms with van der Waals surface area (Å²) in [4.78, 5) is 10.6. The highest BCUT2D eigenvalue weighted by Gasteiger charge is 2.20. The molecule has 2 rings (SSSR count). The molecule has 1 atom stereocenters. The van der Waals surface area contributed by atoms with Crippen LogP contribution in [0.25, 0.3) is 0 Å². The maximum Gasteiger partial charge on any atom is 0.277 e. The number of nitrogens with two attached hydrogens (primary N) is 1. The highest BCUT2D eigenvalue weighted by atomic mass is 16.6. The van der Waals surface area contributed by atoms with Crippen LogP contribution in [-0.2, 0) is 11.3 Å². The average Bonchev–Trinajstić information content (AvgIpc) is 2.52. The number of ether oxygens (including phenoxy) is 3. The van der Waals surface area contributed by atoms with Gasteiger partial charge in [0.15, 0.2) is 11.5 Å². The highest BCUT2D eigenvalue weighted by molar-refractivity contribution is 5.54. The lowest BCUT2D eigenvalue weighted by Gasteiger charge is -2.23. The zero-order valence-electron chi connectivity index (χ0n) is 12.0. The third-order valence-electron chi connectivity index (χ3n) is 3.48. The molecular weight excluding hydrogens is 276 g/mol. The van der Waals surface area contributed by atoms with Gasteiger partial charge in [-0.05, 0) is 25.3 Å². The van der Waals surface area contributed by atoms with Crippen LogP contribution in [-0.4, -0.2) is 31.4 Å². The number of hydrogen-bond acceptors (Lipinski definition) is 6. The monoisotopic (exact) mass is 296 g/mol. The highest BCUT2D eigenvalue weighted by Crippen LogP contribution is 2.34. The first-order chi connectivity index (χ1) is 10.2. The van der Waals surface area contributed by atoms with E-state index in [1.807, 2.05) is 0 Å². The number of methoxy groups -OCH3 is 1. The first-order valence-corrected chi connectivity index (χ1v) is 6.95. The Morgan fingerprint density at radius 3 is 2.81 bits per heavy atom. The van der Waals surface area contributed by atoms with Crippen molar-refractivity contribution in [2.24, 2.45) is 5.73 Å². The molecule has 2 N–H and O–H groups in total. The van der Waals surface area contributed by atoms with E-state index in [1.54, 1.807) is 6.07 Å². The predicted octanol–water partition coefficient (Wildman–Crippen LogP) is 2.01. The van der Waals surface area contributed by atoms with Crippen LogP contribution in [0.3, 0.4) is 0 Å². The molecule has 1 aromatic rings. The summed E-state index contributed by atoms with van der Waals surface area (Å²) in [6, 6.07) is 2.92. The van der Waals surface area contributed by atoms with Crippen LogP contribution in [0.2, 0.25) is 0 Å². The van der Waals surface area contributed by atoms with E-state index < -0.39 is 4.92 Å². The first kappa shape index (κ1) is 15.5. The van der Waals surface area contributed by atoms with Crippen LogP contribution in [0.1, 0.15) is 24.8 Å². The summed E-state index contributed by atoms with van der Waals surface area (Å²) < 4.78 is 16.5. The molecule has 1 fully saturated rings. The van der Waals surface area contributed by atoms with E-state index in [2.05, 4.69) is 0 Å². The van der Waals surface area contributed by atoms with Gasteiger partial charge >= 0.3 is 0 Å². The van der Waals surface area contributed by atoms with Gasteiger partial charge in [0.05, 0.1) is 24.2 Å². The van der Waals surface area contributed by atoms with E-state index in [0.717, 1.165) is 25.9 Å². The second-order valence-electron chi connectivity index (χ2n) is 4.89. The Kier molecular flexibility index (Phi) is 5.35. The van der Waals surface area contributed by atoms with Crippen LogP contribution >= 0.6 is 0 Å². The average molecular weight is 296 g/mol. The van der Waals surface area contributed by atoms with Crippen molar-refractivity contribution in [2.75, 3.05) is 20.3 Å². The fraction of sp³-hybridized carbons (Fsp3) is 0.571. The third kappa shape index (κ3) is 3.83. The third-order valence-corrected chi connectivity index (χ3v) is 3.48. The molecule has 116 valence electrons. The molecule has 1 unspecified atom stereocenters. The van der Waals surface area contributed by atoms with Crippen molar-refractivity contribution in [3.05, 3.63) is 27.8 Å². The van der Waals surface area contributed by atoms with E-state index >= 15 is 0 Å². The molecular formula is C14H20N2O5. The zero-order valence-corrected chi connectivity index (χ0v) is 12.0. The molecule has 0 spiro atoms. The maximum absolute atomic E-state index is 11.1. The molecule has 1 aliphatic rings. The van der Waals surface area contributed by atoms with Crippen LogP contribution in [0.5, 0.6) is 11.5 Å². The minimum absolute atomic E-state index is 0.0247. The predicted molar refractivity (Wildman–Crippen MR) is 76.6 cm³/mol. The molecule has 21 heavy (non-hydrogen) atoms. The van der Waals surface area contributed by atoms with Gasteiger partial charge in [-0.25, -0.2) is 0 Å². The second-order valence-corrected chi connectivity index (χ2v) is 4.89. The van der Waals surface area contributed by atoms with Crippen molar-refractivity contribution in [1.82, 2.24) is 0 Å². The molecule has 0 saturated carbocycles. The lowest BCUT2D eigenvalue weighted by molar-refractivity contribution is -0.385. The Balaban J connectivity index is 2.16. The Hall–Kier alpha value is -1.86. The maximum atomic E-state index is 11.1. The summed E-state index contributed by atoms with van der Waals surface area (Å²) in [5.41, 5.74) is 5.89. The summed E-state index contributed by atoms with van der Waals surface area (Å²) in [5.74, 6) is 0.785. The lowest BCUT2D eigenvalue weighted by atomic mass is 10.1. The Morgan fingerprint density at radius 1 is 1.43 bits per heavy atom. The Bertz CT molecular complexity index is 500. The van der Waals surface area contributed by atoms with E-state index in [1.165, 1.54) is 13.2 Å². The molecule has 0 amide bonds. The Labute approximate surface area is 123 Å². The first-order valence-electron chi connectivity index (χ1n) is 6.95. The quantitative estimate of drug-likeness (QED) is 0.637. The van der Waals surface area contributed by atoms with Crippen LogP contribution in [0.15, 0.2) is 12.1 Å². The standard InChI is InChI=1S/C14H20N2O5/c1-19-13-6-10(8-15)12(16(17)18)7-14(13)21-9-11-4-2-3-5-20-11/h6-7,11H,2-5,8-9,15H2,1H3. The van der Waals surface area contributed by atoms with E-state index in [4.69, 9.17) is 19.9 Å². The van der Waals surface area contributed by atoms with Crippen molar-refractivity contribution < 1.29 is 19.1 Å². The normalized spacial score (nSPS) is 18.3. The lowest BCUT2D eigenvalue weighted by Crippen LogP contribution is -2.25. The van der Waals surface area contributed by atoms with Gasteiger partial charge in [-0.3, -0.25) is 10.1 Å². The molecule has 0 radical (unpaired) electrons. The molecule has 1 aromatic carbocycles. The van der Waals surface area contributed by atoms with E-state index in [-0.39, 0.29) is 18.3 Å². The molecule has 1 heterocycles. The van der Waals surface area contributed by atoms with Gasteiger partial charge in [-0.2, -0.15) is 0 Å². The fourth-order valence-electron chi connectivity index (χ4n) is 2.32. The van der Waals surface area contributed by atoms with Gasteiger partial charge < -0.3 is 19.9 Å². The minimum Gasteiger partial charge on any atom is -0.493 e. The van der Waals surface area contributed by atoms with Crippen molar-refractivity contribution in [1.29, 1.82) is 0 Å². The summed E-state index contributed by atoms with van der Waals surface area (Å²) in [5, 5.41) is 11.1. The van der Waals surface area contributed by atoms with Gasteiger partial charge in [-0.15, -0.1) is 0 Å². The SMILES string of the molecule is COc1cc(CN)c([N+](=O)[O-])cc1OCC1CCCCO1. The van der Waals surface area contributed by atoms with E-state index in [9.17, 15) is 10.1 Å². The molecule has 0 bridgehead atoms. The molecule has 7 heteroatoms. The number of benzene rings is 1. The van der Waals surface area contributed by atoms with E-state index in [0.29, 0.717) is 23.7 Å². The van der Waals surface area contributed by atoms with Crippen LogP contribution < -0.4 is 15.2 Å². The molecule has 0 aliphatic carbocycles. The fourth-order valence-corrected chi connectivity index (χ4v) is 2.32. The van der Waals surface area contributed by atoms with Crippen molar-refractivity contribution in [3.63, 3.8) is 0 Å². The topological polar surface area (TPSA) is 96.9 Å². The molecule has 0 aromatic heterocycles. The molecule has 1 aliphatic heterocycles. The van der Waals surface area contributed by atoms with Crippen molar-refractivity contribution in [3.8, 4) is 11.5 Å². The largest absolute Gasteiger partial charge is 0.493 e. The zero-order chi connectivity index (χ0) is 15.2. The Morgan fingerprint density at radius 2 is 2.24 bits per heavy atom. The summed E-state index contributed by atoms with van der Waals surface area (Å²) in [6.07, 6.45) is 3.14. The smallest absolute Gasteiger partial charge is 0.277 e. The van der Waals surface area contributed by atoms with Crippen LogP contribution in [0, 0.1) is 10.1 Å². The van der Waals surface area contributed by atoms with Gasteiger partial charge in [0.1, 0.15) is 6.61 Å². The van der Waals surface area contributed by atoms with Crippen LogP contribution in [0.4, 0.5) is 5.69 Å². The summed E-state index contributed by atoms with van der Waals surface area (Å²) >= 11 is 0.